The van der Waals surface area contributed by atoms with Crippen LogP contribution in [0.2, 0.25) is 0 Å². The van der Waals surface area contributed by atoms with E-state index in [2.05, 4.69) is 0 Å². The number of nitrogens with zero attached hydrogens (tertiary/aromatic N) is 2. The molecule has 1 saturated heterocycles. The van der Waals surface area contributed by atoms with Gasteiger partial charge in [-0.3, -0.25) is 9.59 Å². The molecule has 0 saturated carbocycles. The third-order valence-corrected chi connectivity index (χ3v) is 4.56. The number of amides is 2. The molecule has 1 fully saturated rings. The molecule has 5 heteroatoms. The number of carbonyl (C=O) groups is 2. The highest BCUT2D eigenvalue weighted by molar-refractivity contribution is 5.96. The first-order valence-corrected chi connectivity index (χ1v) is 8.44. The lowest BCUT2D eigenvalue weighted by atomic mass is 10.0. The molecular formula is C18H26N2O3. The van der Waals surface area contributed by atoms with E-state index < -0.39 is 0 Å². The summed E-state index contributed by atoms with van der Waals surface area (Å²) in [5.41, 5.74) is 0.326. The molecular weight excluding hydrogens is 292 g/mol. The van der Waals surface area contributed by atoms with Gasteiger partial charge in [0.05, 0.1) is 5.56 Å². The van der Waals surface area contributed by atoms with Crippen LogP contribution in [0.5, 0.6) is 5.75 Å². The number of hydrogen-bond acceptors (Lipinski definition) is 3. The second-order valence-corrected chi connectivity index (χ2v) is 6.00. The van der Waals surface area contributed by atoms with E-state index in [-0.39, 0.29) is 23.5 Å². The Morgan fingerprint density at radius 1 is 1.04 bits per heavy atom. The topological polar surface area (TPSA) is 60.9 Å². The molecule has 126 valence electrons. The van der Waals surface area contributed by atoms with Gasteiger partial charge in [0, 0.05) is 32.1 Å². The number of phenolic OH excluding ortho intramolecular Hbond substituents is 1. The summed E-state index contributed by atoms with van der Waals surface area (Å²) < 4.78 is 0. The molecule has 5 nitrogen and oxygen atoms in total. The van der Waals surface area contributed by atoms with Crippen LogP contribution in [0.25, 0.3) is 0 Å². The monoisotopic (exact) mass is 318 g/mol. The van der Waals surface area contributed by atoms with E-state index in [1.807, 2.05) is 18.7 Å². The van der Waals surface area contributed by atoms with Gasteiger partial charge in [0.2, 0.25) is 5.91 Å². The van der Waals surface area contributed by atoms with Crippen molar-refractivity contribution in [2.45, 2.75) is 33.1 Å². The fourth-order valence-electron chi connectivity index (χ4n) is 3.06. The minimum atomic E-state index is -0.167. The van der Waals surface area contributed by atoms with Crippen LogP contribution >= 0.6 is 0 Å². The molecule has 1 aliphatic heterocycles. The first-order valence-electron chi connectivity index (χ1n) is 8.44. The second kappa shape index (κ2) is 7.99. The van der Waals surface area contributed by atoms with Crippen LogP contribution in [0.3, 0.4) is 0 Å². The lowest BCUT2D eigenvalue weighted by Crippen LogP contribution is -2.39. The zero-order chi connectivity index (χ0) is 16.8. The van der Waals surface area contributed by atoms with Gasteiger partial charge in [-0.05, 0) is 31.4 Å². The Morgan fingerprint density at radius 3 is 2.30 bits per heavy atom. The maximum atomic E-state index is 12.6. The van der Waals surface area contributed by atoms with Crippen LogP contribution in [0.4, 0.5) is 0 Å². The highest BCUT2D eigenvalue weighted by atomic mass is 16.3. The first kappa shape index (κ1) is 17.3. The normalized spacial score (nSPS) is 15.6. The maximum Gasteiger partial charge on any atom is 0.257 e. The van der Waals surface area contributed by atoms with Crippen molar-refractivity contribution >= 4 is 11.8 Å². The number of benzene rings is 1. The SMILES string of the molecule is CCC(CC)C(=O)N1CCCN(C(=O)c2ccccc2O)CC1. The molecule has 1 N–H and O–H groups in total. The molecule has 0 bridgehead atoms. The van der Waals surface area contributed by atoms with E-state index in [9.17, 15) is 14.7 Å². The van der Waals surface area contributed by atoms with Crippen LogP contribution in [0.15, 0.2) is 24.3 Å². The molecule has 0 aromatic heterocycles. The molecule has 0 atom stereocenters. The van der Waals surface area contributed by atoms with E-state index >= 15 is 0 Å². The Labute approximate surface area is 137 Å². The summed E-state index contributed by atoms with van der Waals surface area (Å²) in [6.07, 6.45) is 2.48. The molecule has 1 aromatic rings. The Hall–Kier alpha value is -2.04. The zero-order valence-corrected chi connectivity index (χ0v) is 14.0. The van der Waals surface area contributed by atoms with Crippen LogP contribution < -0.4 is 0 Å². The van der Waals surface area contributed by atoms with Crippen molar-refractivity contribution in [3.8, 4) is 5.75 Å². The van der Waals surface area contributed by atoms with Gasteiger partial charge in [0.1, 0.15) is 5.75 Å². The Balaban J connectivity index is 2.02. The standard InChI is InChI=1S/C18H26N2O3/c1-3-14(4-2)17(22)19-10-7-11-20(13-12-19)18(23)15-8-5-6-9-16(15)21/h5-6,8-9,14,21H,3-4,7,10-13H2,1-2H3. The highest BCUT2D eigenvalue weighted by Crippen LogP contribution is 2.20. The van der Waals surface area contributed by atoms with Gasteiger partial charge in [-0.25, -0.2) is 0 Å². The van der Waals surface area contributed by atoms with Crippen molar-refractivity contribution in [1.29, 1.82) is 0 Å². The van der Waals surface area contributed by atoms with Gasteiger partial charge < -0.3 is 14.9 Å². The highest BCUT2D eigenvalue weighted by Gasteiger charge is 2.26. The fraction of sp³-hybridized carbons (Fsp3) is 0.556. The van der Waals surface area contributed by atoms with Crippen molar-refractivity contribution in [2.24, 2.45) is 5.92 Å². The van der Waals surface area contributed by atoms with Crippen LogP contribution in [0.1, 0.15) is 43.5 Å². The predicted octanol–water partition coefficient (Wildman–Crippen LogP) is 2.50. The third-order valence-electron chi connectivity index (χ3n) is 4.56. The van der Waals surface area contributed by atoms with Crippen molar-refractivity contribution < 1.29 is 14.7 Å². The number of aromatic hydroxyl groups is 1. The van der Waals surface area contributed by atoms with Crippen LogP contribution in [0, 0.1) is 5.92 Å². The number of rotatable bonds is 4. The Kier molecular flexibility index (Phi) is 6.02. The molecule has 1 aliphatic rings. The van der Waals surface area contributed by atoms with E-state index in [1.165, 1.54) is 6.07 Å². The van der Waals surface area contributed by atoms with Gasteiger partial charge in [-0.15, -0.1) is 0 Å². The van der Waals surface area contributed by atoms with Gasteiger partial charge in [-0.1, -0.05) is 26.0 Å². The number of hydrogen-bond donors (Lipinski definition) is 1. The van der Waals surface area contributed by atoms with Crippen LogP contribution in [-0.4, -0.2) is 52.9 Å². The molecule has 0 unspecified atom stereocenters. The lowest BCUT2D eigenvalue weighted by molar-refractivity contribution is -0.135. The summed E-state index contributed by atoms with van der Waals surface area (Å²) in [5, 5.41) is 9.85. The Bertz CT molecular complexity index is 555. The van der Waals surface area contributed by atoms with E-state index in [1.54, 1.807) is 23.1 Å². The van der Waals surface area contributed by atoms with Gasteiger partial charge in [0.25, 0.3) is 5.91 Å². The van der Waals surface area contributed by atoms with Crippen LogP contribution in [-0.2, 0) is 4.79 Å². The number of phenols is 1. The van der Waals surface area contributed by atoms with E-state index in [0.29, 0.717) is 31.7 Å². The average Bonchev–Trinajstić information content (AvgIpc) is 2.81. The van der Waals surface area contributed by atoms with Crippen molar-refractivity contribution in [2.75, 3.05) is 26.2 Å². The van der Waals surface area contributed by atoms with Crippen molar-refractivity contribution in [3.63, 3.8) is 0 Å². The molecule has 0 spiro atoms. The Morgan fingerprint density at radius 2 is 1.65 bits per heavy atom. The minimum absolute atomic E-state index is 0.00621. The van der Waals surface area contributed by atoms with E-state index in [4.69, 9.17) is 0 Å². The summed E-state index contributed by atoms with van der Waals surface area (Å²) in [6, 6.07) is 6.60. The fourth-order valence-corrected chi connectivity index (χ4v) is 3.06. The second-order valence-electron chi connectivity index (χ2n) is 6.00. The van der Waals surface area contributed by atoms with Gasteiger partial charge in [0.15, 0.2) is 0 Å². The summed E-state index contributed by atoms with van der Waals surface area (Å²) in [5.74, 6) is 0.119. The molecule has 0 aliphatic carbocycles. The summed E-state index contributed by atoms with van der Waals surface area (Å²) in [6.45, 7) is 6.46. The minimum Gasteiger partial charge on any atom is -0.507 e. The summed E-state index contributed by atoms with van der Waals surface area (Å²) >= 11 is 0. The number of para-hydroxylation sites is 1. The summed E-state index contributed by atoms with van der Waals surface area (Å²) in [4.78, 5) is 28.7. The average molecular weight is 318 g/mol. The zero-order valence-electron chi connectivity index (χ0n) is 14.0. The first-order chi connectivity index (χ1) is 11.1. The van der Waals surface area contributed by atoms with Gasteiger partial charge in [-0.2, -0.15) is 0 Å². The molecule has 2 rings (SSSR count). The summed E-state index contributed by atoms with van der Waals surface area (Å²) in [7, 11) is 0. The van der Waals surface area contributed by atoms with E-state index in [0.717, 1.165) is 19.3 Å². The molecule has 1 aromatic carbocycles. The largest absolute Gasteiger partial charge is 0.507 e. The third kappa shape index (κ3) is 4.03. The molecule has 2 amide bonds. The predicted molar refractivity (Wildman–Crippen MR) is 89.3 cm³/mol. The van der Waals surface area contributed by atoms with Gasteiger partial charge >= 0.3 is 0 Å². The molecule has 1 heterocycles. The smallest absolute Gasteiger partial charge is 0.257 e. The lowest BCUT2D eigenvalue weighted by Gasteiger charge is -2.25. The molecule has 0 radical (unpaired) electrons. The molecule has 23 heavy (non-hydrogen) atoms. The van der Waals surface area contributed by atoms with Crippen molar-refractivity contribution in [3.05, 3.63) is 29.8 Å². The van der Waals surface area contributed by atoms with Crippen molar-refractivity contribution in [1.82, 2.24) is 9.80 Å². The quantitative estimate of drug-likeness (QED) is 0.928. The number of carbonyl (C=O) groups excluding carboxylic acids is 2. The maximum absolute atomic E-state index is 12.6.